The minimum Gasteiger partial charge on any atom is -0.463 e. The summed E-state index contributed by atoms with van der Waals surface area (Å²) in [7, 11) is 1.84. The van der Waals surface area contributed by atoms with Crippen molar-refractivity contribution in [1.82, 2.24) is 14.3 Å². The van der Waals surface area contributed by atoms with Crippen molar-refractivity contribution < 1.29 is 9.21 Å². The second-order valence-corrected chi connectivity index (χ2v) is 4.30. The van der Waals surface area contributed by atoms with Crippen molar-refractivity contribution in [3.05, 3.63) is 36.5 Å². The first-order chi connectivity index (χ1) is 9.19. The third-order valence-electron chi connectivity index (χ3n) is 3.11. The zero-order chi connectivity index (χ0) is 13.4. The molecule has 0 saturated carbocycles. The number of hydrogen-bond donors (Lipinski definition) is 1. The summed E-state index contributed by atoms with van der Waals surface area (Å²) in [6, 6.07) is 3.57. The fraction of sp³-hybridized carbons (Fsp3) is 0.231. The fourth-order valence-corrected chi connectivity index (χ4v) is 2.06. The van der Waals surface area contributed by atoms with Crippen molar-refractivity contribution in [2.24, 2.45) is 7.05 Å². The van der Waals surface area contributed by atoms with Crippen molar-refractivity contribution in [1.29, 1.82) is 0 Å². The van der Waals surface area contributed by atoms with E-state index in [1.54, 1.807) is 34.0 Å². The maximum absolute atomic E-state index is 12.2. The largest absolute Gasteiger partial charge is 0.463 e. The van der Waals surface area contributed by atoms with Crippen LogP contribution < -0.4 is 5.32 Å². The van der Waals surface area contributed by atoms with Gasteiger partial charge < -0.3 is 14.3 Å². The van der Waals surface area contributed by atoms with Crippen LogP contribution in [0.15, 0.2) is 35.2 Å². The molecule has 0 aliphatic heterocycles. The van der Waals surface area contributed by atoms with E-state index >= 15 is 0 Å². The fourth-order valence-electron chi connectivity index (χ4n) is 2.06. The number of aromatic nitrogens is 3. The second kappa shape index (κ2) is 4.31. The summed E-state index contributed by atoms with van der Waals surface area (Å²) in [6.07, 6.45) is 5.04. The van der Waals surface area contributed by atoms with Crippen LogP contribution in [0.1, 0.15) is 17.4 Å². The van der Waals surface area contributed by atoms with Gasteiger partial charge in [0.25, 0.3) is 5.91 Å². The summed E-state index contributed by atoms with van der Waals surface area (Å²) in [5, 5.41) is 6.93. The second-order valence-electron chi connectivity index (χ2n) is 4.30. The van der Waals surface area contributed by atoms with Gasteiger partial charge in [0.15, 0.2) is 5.58 Å². The van der Waals surface area contributed by atoms with Crippen LogP contribution >= 0.6 is 0 Å². The number of hydrogen-bond acceptors (Lipinski definition) is 3. The molecule has 3 aromatic heterocycles. The van der Waals surface area contributed by atoms with Crippen LogP contribution in [-0.4, -0.2) is 20.3 Å². The molecular weight excluding hydrogens is 244 g/mol. The van der Waals surface area contributed by atoms with Crippen LogP contribution in [0.3, 0.4) is 0 Å². The monoisotopic (exact) mass is 258 g/mol. The third-order valence-corrected chi connectivity index (χ3v) is 3.11. The molecule has 6 nitrogen and oxygen atoms in total. The summed E-state index contributed by atoms with van der Waals surface area (Å²) in [6.45, 7) is 2.76. The van der Waals surface area contributed by atoms with Gasteiger partial charge in [0.2, 0.25) is 0 Å². The first-order valence-corrected chi connectivity index (χ1v) is 6.05. The summed E-state index contributed by atoms with van der Waals surface area (Å²) >= 11 is 0. The van der Waals surface area contributed by atoms with Gasteiger partial charge in [-0.05, 0) is 6.92 Å². The average Bonchev–Trinajstić information content (AvgIpc) is 3.07. The highest BCUT2D eigenvalue weighted by molar-refractivity contribution is 6.05. The Labute approximate surface area is 109 Å². The number of aryl methyl sites for hydroxylation is 2. The van der Waals surface area contributed by atoms with Gasteiger partial charge in [-0.25, -0.2) is 0 Å². The van der Waals surface area contributed by atoms with Crippen LogP contribution in [0.5, 0.6) is 0 Å². The van der Waals surface area contributed by atoms with Gasteiger partial charge >= 0.3 is 0 Å². The number of carbonyl (C=O) groups excluding carboxylic acids is 1. The summed E-state index contributed by atoms with van der Waals surface area (Å²) in [5.74, 6) is -0.176. The molecular formula is C13H14N4O2. The molecule has 0 fully saturated rings. The maximum Gasteiger partial charge on any atom is 0.272 e. The highest BCUT2D eigenvalue weighted by Gasteiger charge is 2.15. The lowest BCUT2D eigenvalue weighted by Gasteiger charge is -2.03. The van der Waals surface area contributed by atoms with E-state index in [-0.39, 0.29) is 5.91 Å². The van der Waals surface area contributed by atoms with Gasteiger partial charge in [-0.3, -0.25) is 9.48 Å². The minimum absolute atomic E-state index is 0.176. The molecule has 98 valence electrons. The molecule has 0 aliphatic carbocycles. The Kier molecular flexibility index (Phi) is 2.63. The number of rotatable bonds is 3. The molecule has 3 rings (SSSR count). The van der Waals surface area contributed by atoms with E-state index in [2.05, 4.69) is 10.4 Å². The standard InChI is InChI=1S/C13H14N4O2/c1-3-17-8-9(7-14-17)15-13(18)11-6-12-10(16(11)2)4-5-19-12/h4-8H,3H2,1-2H3,(H,15,18). The van der Waals surface area contributed by atoms with Gasteiger partial charge in [-0.15, -0.1) is 0 Å². The lowest BCUT2D eigenvalue weighted by atomic mass is 10.4. The van der Waals surface area contributed by atoms with Crippen LogP contribution in [0.4, 0.5) is 5.69 Å². The van der Waals surface area contributed by atoms with Crippen LogP contribution in [-0.2, 0) is 13.6 Å². The van der Waals surface area contributed by atoms with E-state index in [0.717, 1.165) is 12.1 Å². The first-order valence-electron chi connectivity index (χ1n) is 6.05. The number of nitrogens with one attached hydrogen (secondary N) is 1. The lowest BCUT2D eigenvalue weighted by molar-refractivity contribution is 0.101. The molecule has 1 N–H and O–H groups in total. The predicted octanol–water partition coefficient (Wildman–Crippen LogP) is 2.24. The number of amides is 1. The molecule has 3 aromatic rings. The Morgan fingerprint density at radius 1 is 1.53 bits per heavy atom. The number of nitrogens with zero attached hydrogens (tertiary/aromatic N) is 3. The van der Waals surface area contributed by atoms with Crippen molar-refractivity contribution in [2.45, 2.75) is 13.5 Å². The van der Waals surface area contributed by atoms with E-state index in [9.17, 15) is 4.79 Å². The SMILES string of the molecule is CCn1cc(NC(=O)c2cc3occc3n2C)cn1. The quantitative estimate of drug-likeness (QED) is 0.783. The van der Waals surface area contributed by atoms with E-state index in [0.29, 0.717) is 17.0 Å². The Hall–Kier alpha value is -2.50. The Bertz CT molecular complexity index is 735. The Morgan fingerprint density at radius 2 is 2.37 bits per heavy atom. The molecule has 0 bridgehead atoms. The predicted molar refractivity (Wildman–Crippen MR) is 71.0 cm³/mol. The summed E-state index contributed by atoms with van der Waals surface area (Å²) in [5.41, 5.74) is 2.84. The number of anilines is 1. The molecule has 19 heavy (non-hydrogen) atoms. The van der Waals surface area contributed by atoms with Crippen LogP contribution in [0, 0.1) is 0 Å². The van der Waals surface area contributed by atoms with Crippen molar-refractivity contribution in [2.75, 3.05) is 5.32 Å². The Morgan fingerprint density at radius 3 is 3.05 bits per heavy atom. The van der Waals surface area contributed by atoms with E-state index < -0.39 is 0 Å². The molecule has 1 amide bonds. The van der Waals surface area contributed by atoms with Gasteiger partial charge in [0, 0.05) is 31.9 Å². The summed E-state index contributed by atoms with van der Waals surface area (Å²) in [4.78, 5) is 12.2. The molecule has 3 heterocycles. The highest BCUT2D eigenvalue weighted by atomic mass is 16.3. The van der Waals surface area contributed by atoms with E-state index in [1.807, 2.05) is 20.0 Å². The van der Waals surface area contributed by atoms with Gasteiger partial charge in [-0.2, -0.15) is 5.10 Å². The summed E-state index contributed by atoms with van der Waals surface area (Å²) < 4.78 is 8.84. The highest BCUT2D eigenvalue weighted by Crippen LogP contribution is 2.20. The average molecular weight is 258 g/mol. The topological polar surface area (TPSA) is 65.0 Å². The zero-order valence-electron chi connectivity index (χ0n) is 10.8. The van der Waals surface area contributed by atoms with Crippen LogP contribution in [0.2, 0.25) is 0 Å². The van der Waals surface area contributed by atoms with Gasteiger partial charge in [0.1, 0.15) is 5.69 Å². The number of fused-ring (bicyclic) bond motifs is 1. The third kappa shape index (κ3) is 1.91. The minimum atomic E-state index is -0.176. The molecule has 0 atom stereocenters. The molecule has 0 saturated heterocycles. The zero-order valence-corrected chi connectivity index (χ0v) is 10.8. The molecule has 0 spiro atoms. The van der Waals surface area contributed by atoms with Gasteiger partial charge in [0.05, 0.1) is 23.7 Å². The number of furan rings is 1. The Balaban J connectivity index is 1.87. The normalized spacial score (nSPS) is 11.1. The van der Waals surface area contributed by atoms with E-state index in [4.69, 9.17) is 4.42 Å². The van der Waals surface area contributed by atoms with Gasteiger partial charge in [-0.1, -0.05) is 0 Å². The number of carbonyl (C=O) groups is 1. The molecule has 0 aliphatic rings. The first kappa shape index (κ1) is 11.6. The van der Waals surface area contributed by atoms with Crippen LogP contribution in [0.25, 0.3) is 11.1 Å². The molecule has 0 unspecified atom stereocenters. The maximum atomic E-state index is 12.2. The lowest BCUT2D eigenvalue weighted by Crippen LogP contribution is -2.15. The van der Waals surface area contributed by atoms with Crippen molar-refractivity contribution >= 4 is 22.7 Å². The van der Waals surface area contributed by atoms with Crippen molar-refractivity contribution in [3.8, 4) is 0 Å². The molecule has 6 heteroatoms. The smallest absolute Gasteiger partial charge is 0.272 e. The molecule has 0 aromatic carbocycles. The van der Waals surface area contributed by atoms with Crippen molar-refractivity contribution in [3.63, 3.8) is 0 Å². The van der Waals surface area contributed by atoms with E-state index in [1.165, 1.54) is 0 Å². The molecule has 0 radical (unpaired) electrons.